The first kappa shape index (κ1) is 16.8. The average molecular weight is 332 g/mol. The van der Waals surface area contributed by atoms with E-state index >= 15 is 0 Å². The van der Waals surface area contributed by atoms with Crippen LogP contribution in [0.1, 0.15) is 41.1 Å². The molecule has 2 fully saturated rings. The fraction of sp³-hybridized carbons (Fsp3) is 0.647. The predicted molar refractivity (Wildman–Crippen MR) is 87.6 cm³/mol. The summed E-state index contributed by atoms with van der Waals surface area (Å²) in [4.78, 5) is 37.3. The summed E-state index contributed by atoms with van der Waals surface area (Å²) in [6.45, 7) is 6.33. The first-order valence-corrected chi connectivity index (χ1v) is 8.56. The van der Waals surface area contributed by atoms with Gasteiger partial charge in [-0.2, -0.15) is 0 Å². The van der Waals surface area contributed by atoms with Crippen molar-refractivity contribution in [1.82, 2.24) is 19.8 Å². The highest BCUT2D eigenvalue weighted by atomic mass is 16.5. The van der Waals surface area contributed by atoms with Gasteiger partial charge in [0.25, 0.3) is 11.8 Å². The van der Waals surface area contributed by atoms with Gasteiger partial charge < -0.3 is 14.5 Å². The van der Waals surface area contributed by atoms with Crippen molar-refractivity contribution in [3.63, 3.8) is 0 Å². The van der Waals surface area contributed by atoms with E-state index < -0.39 is 6.10 Å². The molecule has 1 atom stereocenters. The number of piperidine rings is 1. The van der Waals surface area contributed by atoms with Gasteiger partial charge in [-0.1, -0.05) is 0 Å². The second-order valence-corrected chi connectivity index (χ2v) is 6.41. The molecule has 7 nitrogen and oxygen atoms in total. The van der Waals surface area contributed by atoms with Crippen molar-refractivity contribution in [2.75, 3.05) is 32.8 Å². The quantitative estimate of drug-likeness (QED) is 0.806. The monoisotopic (exact) mass is 332 g/mol. The van der Waals surface area contributed by atoms with Gasteiger partial charge in [-0.25, -0.2) is 9.97 Å². The van der Waals surface area contributed by atoms with Crippen LogP contribution in [0.5, 0.6) is 0 Å². The lowest BCUT2D eigenvalue weighted by molar-refractivity contribution is -0.149. The van der Waals surface area contributed by atoms with Crippen molar-refractivity contribution in [2.45, 2.75) is 39.2 Å². The lowest BCUT2D eigenvalue weighted by Gasteiger charge is -2.36. The van der Waals surface area contributed by atoms with Gasteiger partial charge >= 0.3 is 0 Å². The van der Waals surface area contributed by atoms with Crippen LogP contribution in [0.25, 0.3) is 0 Å². The van der Waals surface area contributed by atoms with Crippen LogP contribution in [0.4, 0.5) is 0 Å². The van der Waals surface area contributed by atoms with Crippen LogP contribution >= 0.6 is 0 Å². The highest BCUT2D eigenvalue weighted by molar-refractivity contribution is 5.95. The molecule has 1 aromatic heterocycles. The minimum Gasteiger partial charge on any atom is -0.365 e. The largest absolute Gasteiger partial charge is 0.365 e. The van der Waals surface area contributed by atoms with Gasteiger partial charge in [0, 0.05) is 25.8 Å². The Balaban J connectivity index is 1.68. The molecule has 0 aromatic carbocycles. The van der Waals surface area contributed by atoms with E-state index in [1.807, 2.05) is 4.90 Å². The van der Waals surface area contributed by atoms with E-state index in [0.29, 0.717) is 36.8 Å². The molecule has 0 N–H and O–H groups in total. The fourth-order valence-electron chi connectivity index (χ4n) is 3.26. The number of carbonyl (C=O) groups is 2. The van der Waals surface area contributed by atoms with Crippen LogP contribution in [0.15, 0.2) is 6.20 Å². The molecule has 2 saturated heterocycles. The zero-order valence-corrected chi connectivity index (χ0v) is 14.3. The maximum Gasteiger partial charge on any atom is 0.257 e. The number of aryl methyl sites for hydroxylation is 2. The Kier molecular flexibility index (Phi) is 5.08. The molecule has 2 aliphatic heterocycles. The Hall–Kier alpha value is -2.02. The number of carbonyl (C=O) groups excluding carboxylic acids is 2. The van der Waals surface area contributed by atoms with Gasteiger partial charge in [-0.15, -0.1) is 0 Å². The first-order valence-electron chi connectivity index (χ1n) is 8.56. The summed E-state index contributed by atoms with van der Waals surface area (Å²) in [5, 5.41) is 0. The van der Waals surface area contributed by atoms with Crippen LogP contribution in [0.2, 0.25) is 0 Å². The van der Waals surface area contributed by atoms with Crippen molar-refractivity contribution >= 4 is 11.8 Å². The molecule has 3 rings (SSSR count). The van der Waals surface area contributed by atoms with E-state index in [0.717, 1.165) is 25.9 Å². The normalized spacial score (nSPS) is 21.7. The number of hydrogen-bond acceptors (Lipinski definition) is 5. The number of morpholine rings is 1. The number of rotatable bonds is 2. The van der Waals surface area contributed by atoms with Crippen molar-refractivity contribution in [3.8, 4) is 0 Å². The van der Waals surface area contributed by atoms with Crippen LogP contribution in [-0.4, -0.2) is 70.5 Å². The molecule has 3 heterocycles. The molecule has 0 bridgehead atoms. The molecular weight excluding hydrogens is 308 g/mol. The Morgan fingerprint density at radius 3 is 2.58 bits per heavy atom. The molecule has 24 heavy (non-hydrogen) atoms. The summed E-state index contributed by atoms with van der Waals surface area (Å²) < 4.78 is 5.64. The topological polar surface area (TPSA) is 75.6 Å². The van der Waals surface area contributed by atoms with Gasteiger partial charge in [0.05, 0.1) is 24.4 Å². The lowest BCUT2D eigenvalue weighted by Crippen LogP contribution is -2.53. The van der Waals surface area contributed by atoms with Crippen molar-refractivity contribution in [2.24, 2.45) is 0 Å². The Morgan fingerprint density at radius 2 is 1.88 bits per heavy atom. The molecule has 0 radical (unpaired) electrons. The molecule has 0 unspecified atom stereocenters. The smallest absolute Gasteiger partial charge is 0.257 e. The number of hydrogen-bond donors (Lipinski definition) is 0. The minimum atomic E-state index is -0.563. The third-order valence-corrected chi connectivity index (χ3v) is 4.63. The number of ether oxygens (including phenoxy) is 1. The van der Waals surface area contributed by atoms with E-state index in [4.69, 9.17) is 4.74 Å². The van der Waals surface area contributed by atoms with Gasteiger partial charge in [0.15, 0.2) is 6.10 Å². The molecule has 0 spiro atoms. The number of aromatic nitrogens is 2. The summed E-state index contributed by atoms with van der Waals surface area (Å²) in [7, 11) is 0. The van der Waals surface area contributed by atoms with E-state index in [1.165, 1.54) is 6.42 Å². The van der Waals surface area contributed by atoms with Gasteiger partial charge in [-0.05, 0) is 33.1 Å². The predicted octanol–water partition coefficient (Wildman–Crippen LogP) is 0.947. The third kappa shape index (κ3) is 3.56. The van der Waals surface area contributed by atoms with Gasteiger partial charge in [-0.3, -0.25) is 9.59 Å². The molecular formula is C17H24N4O3. The lowest BCUT2D eigenvalue weighted by atomic mass is 10.1. The van der Waals surface area contributed by atoms with Crippen LogP contribution in [-0.2, 0) is 9.53 Å². The highest BCUT2D eigenvalue weighted by Crippen LogP contribution is 2.16. The summed E-state index contributed by atoms with van der Waals surface area (Å²) in [5.74, 6) is 0.514. The summed E-state index contributed by atoms with van der Waals surface area (Å²) in [6, 6.07) is 0. The van der Waals surface area contributed by atoms with E-state index in [9.17, 15) is 9.59 Å². The second-order valence-electron chi connectivity index (χ2n) is 6.41. The molecule has 0 saturated carbocycles. The highest BCUT2D eigenvalue weighted by Gasteiger charge is 2.33. The third-order valence-electron chi connectivity index (χ3n) is 4.63. The van der Waals surface area contributed by atoms with Crippen LogP contribution < -0.4 is 0 Å². The Labute approximate surface area is 142 Å². The van der Waals surface area contributed by atoms with Gasteiger partial charge in [0.2, 0.25) is 0 Å². The van der Waals surface area contributed by atoms with E-state index in [1.54, 1.807) is 24.9 Å². The summed E-state index contributed by atoms with van der Waals surface area (Å²) >= 11 is 0. The Morgan fingerprint density at radius 1 is 1.12 bits per heavy atom. The van der Waals surface area contributed by atoms with Gasteiger partial charge in [0.1, 0.15) is 5.82 Å². The SMILES string of the molecule is Cc1ncc(C(=O)N2CCO[C@H](C(=O)N3CCCCC3)C2)c(C)n1. The fourth-order valence-corrected chi connectivity index (χ4v) is 3.26. The van der Waals surface area contributed by atoms with Crippen molar-refractivity contribution < 1.29 is 14.3 Å². The molecule has 2 aliphatic rings. The van der Waals surface area contributed by atoms with Crippen molar-refractivity contribution in [1.29, 1.82) is 0 Å². The van der Waals surface area contributed by atoms with E-state index in [2.05, 4.69) is 9.97 Å². The zero-order valence-electron chi connectivity index (χ0n) is 14.3. The summed E-state index contributed by atoms with van der Waals surface area (Å²) in [5.41, 5.74) is 1.16. The second kappa shape index (κ2) is 7.25. The molecule has 7 heteroatoms. The minimum absolute atomic E-state index is 0.00378. The number of nitrogens with zero attached hydrogens (tertiary/aromatic N) is 4. The zero-order chi connectivity index (χ0) is 17.1. The maximum absolute atomic E-state index is 12.7. The standard InChI is InChI=1S/C17H24N4O3/c1-12-14(10-18-13(2)19-12)16(22)21-8-9-24-15(11-21)17(23)20-6-4-3-5-7-20/h10,15H,3-9,11H2,1-2H3/t15-/m0/s1. The Bertz CT molecular complexity index is 628. The first-order chi connectivity index (χ1) is 11.6. The van der Waals surface area contributed by atoms with Crippen LogP contribution in [0.3, 0.4) is 0 Å². The molecule has 1 aromatic rings. The van der Waals surface area contributed by atoms with Crippen LogP contribution in [0, 0.1) is 13.8 Å². The molecule has 130 valence electrons. The van der Waals surface area contributed by atoms with E-state index in [-0.39, 0.29) is 11.8 Å². The summed E-state index contributed by atoms with van der Waals surface area (Å²) in [6.07, 6.45) is 4.26. The molecule has 0 aliphatic carbocycles. The molecule has 2 amide bonds. The van der Waals surface area contributed by atoms with Crippen molar-refractivity contribution in [3.05, 3.63) is 23.3 Å². The average Bonchev–Trinajstić information content (AvgIpc) is 2.61. The number of amides is 2. The number of likely N-dealkylation sites (tertiary alicyclic amines) is 1. The maximum atomic E-state index is 12.7.